The fraction of sp³-hybridized carbons (Fsp3) is 0. The number of benzene rings is 8. The lowest BCUT2D eigenvalue weighted by atomic mass is 9.98. The largest absolute Gasteiger partial charge is 0.456 e. The SMILES string of the molecule is c1ccc2c(c1)oc1ccc(N(c3ccc(-c4ccc5c(ccc6sc7ccccc7c65)c4)cc3)c3ccc4oc5ccccc5c4c3)cc12. The average Bonchev–Trinajstić information content (AvgIpc) is 3.86. The molecule has 0 aliphatic carbocycles. The summed E-state index contributed by atoms with van der Waals surface area (Å²) in [6.07, 6.45) is 0. The van der Waals surface area contributed by atoms with E-state index in [-0.39, 0.29) is 0 Å². The summed E-state index contributed by atoms with van der Waals surface area (Å²) in [6, 6.07) is 58.5. The molecule has 50 heavy (non-hydrogen) atoms. The lowest BCUT2D eigenvalue weighted by Crippen LogP contribution is -2.09. The van der Waals surface area contributed by atoms with Crippen molar-refractivity contribution in [2.75, 3.05) is 4.90 Å². The van der Waals surface area contributed by atoms with Crippen LogP contribution in [-0.4, -0.2) is 0 Å². The zero-order valence-electron chi connectivity index (χ0n) is 26.8. The summed E-state index contributed by atoms with van der Waals surface area (Å²) in [4.78, 5) is 2.32. The Labute approximate surface area is 290 Å². The monoisotopic (exact) mass is 657 g/mol. The summed E-state index contributed by atoms with van der Waals surface area (Å²) in [5, 5.41) is 9.65. The molecule has 0 aliphatic heterocycles. The fourth-order valence-electron chi connectivity index (χ4n) is 7.69. The van der Waals surface area contributed by atoms with Crippen LogP contribution in [0.4, 0.5) is 17.1 Å². The van der Waals surface area contributed by atoms with Crippen LogP contribution < -0.4 is 4.90 Å². The molecule has 0 aliphatic rings. The molecule has 4 heteroatoms. The molecule has 3 nitrogen and oxygen atoms in total. The van der Waals surface area contributed by atoms with Gasteiger partial charge in [-0.25, -0.2) is 0 Å². The molecule has 0 bridgehead atoms. The third-order valence-electron chi connectivity index (χ3n) is 10.1. The Morgan fingerprint density at radius 2 is 0.920 bits per heavy atom. The number of nitrogens with zero attached hydrogens (tertiary/aromatic N) is 1. The summed E-state index contributed by atoms with van der Waals surface area (Å²) in [6.45, 7) is 0. The van der Waals surface area contributed by atoms with Gasteiger partial charge >= 0.3 is 0 Å². The Morgan fingerprint density at radius 3 is 1.60 bits per heavy atom. The first kappa shape index (κ1) is 27.6. The lowest BCUT2D eigenvalue weighted by Gasteiger charge is -2.26. The maximum absolute atomic E-state index is 6.20. The van der Waals surface area contributed by atoms with Gasteiger partial charge < -0.3 is 13.7 Å². The van der Waals surface area contributed by atoms with Crippen LogP contribution in [0.3, 0.4) is 0 Å². The number of hydrogen-bond acceptors (Lipinski definition) is 4. The molecule has 8 aromatic carbocycles. The number of thiophene rings is 1. The standard InChI is InChI=1S/C46H27NO2S/c1-4-10-40-35(7-1)38-26-32(19-22-42(38)48-40)47(33-20-23-43-39(27-33)36-8-2-5-11-41(36)49-43)31-17-13-28(14-18-31)29-15-21-34-30(25-29)16-24-45-46(34)37-9-3-6-12-44(37)50-45/h1-27H. The van der Waals surface area contributed by atoms with Crippen molar-refractivity contribution < 1.29 is 8.83 Å². The Bertz CT molecular complexity index is 2990. The third-order valence-corrected chi connectivity index (χ3v) is 11.2. The lowest BCUT2D eigenvalue weighted by molar-refractivity contribution is 0.668. The van der Waals surface area contributed by atoms with Gasteiger partial charge in [-0.05, 0) is 101 Å². The first-order chi connectivity index (χ1) is 24.7. The van der Waals surface area contributed by atoms with E-state index in [1.807, 2.05) is 35.6 Å². The summed E-state index contributed by atoms with van der Waals surface area (Å²) in [5.41, 5.74) is 9.11. The van der Waals surface area contributed by atoms with Crippen LogP contribution in [0.15, 0.2) is 173 Å². The first-order valence-electron chi connectivity index (χ1n) is 16.8. The van der Waals surface area contributed by atoms with Crippen LogP contribution in [0, 0.1) is 0 Å². The molecule has 0 N–H and O–H groups in total. The quantitative estimate of drug-likeness (QED) is 0.189. The summed E-state index contributed by atoms with van der Waals surface area (Å²) in [5.74, 6) is 0. The number of furan rings is 2. The maximum atomic E-state index is 6.20. The molecule has 0 fully saturated rings. The van der Waals surface area contributed by atoms with Gasteiger partial charge in [-0.3, -0.25) is 0 Å². The van der Waals surface area contributed by atoms with E-state index in [0.29, 0.717) is 0 Å². The zero-order chi connectivity index (χ0) is 32.8. The predicted molar refractivity (Wildman–Crippen MR) is 212 cm³/mol. The van der Waals surface area contributed by atoms with E-state index in [9.17, 15) is 0 Å². The van der Waals surface area contributed by atoms with Gasteiger partial charge in [0.2, 0.25) is 0 Å². The summed E-state index contributed by atoms with van der Waals surface area (Å²) in [7, 11) is 0. The van der Waals surface area contributed by atoms with Crippen LogP contribution >= 0.6 is 11.3 Å². The molecule has 0 spiro atoms. The van der Waals surface area contributed by atoms with E-state index in [1.165, 1.54) is 42.1 Å². The zero-order valence-corrected chi connectivity index (χ0v) is 27.6. The number of anilines is 3. The molecule has 0 saturated carbocycles. The topological polar surface area (TPSA) is 29.5 Å². The minimum Gasteiger partial charge on any atom is -0.456 e. The molecule has 3 heterocycles. The highest BCUT2D eigenvalue weighted by Gasteiger charge is 2.18. The Balaban J connectivity index is 1.05. The highest BCUT2D eigenvalue weighted by molar-refractivity contribution is 7.26. The van der Waals surface area contributed by atoms with E-state index in [2.05, 4.69) is 144 Å². The summed E-state index contributed by atoms with van der Waals surface area (Å²) < 4.78 is 15.1. The summed E-state index contributed by atoms with van der Waals surface area (Å²) >= 11 is 1.87. The van der Waals surface area contributed by atoms with Crippen molar-refractivity contribution in [3.8, 4) is 11.1 Å². The Morgan fingerprint density at radius 1 is 0.360 bits per heavy atom. The molecule has 11 aromatic rings. The van der Waals surface area contributed by atoms with Crippen LogP contribution in [-0.2, 0) is 0 Å². The molecule has 3 aromatic heterocycles. The highest BCUT2D eigenvalue weighted by Crippen LogP contribution is 2.43. The van der Waals surface area contributed by atoms with Gasteiger partial charge in [-0.1, -0.05) is 84.9 Å². The van der Waals surface area contributed by atoms with Crippen molar-refractivity contribution in [1.82, 2.24) is 0 Å². The van der Waals surface area contributed by atoms with Gasteiger partial charge in [0.25, 0.3) is 0 Å². The van der Waals surface area contributed by atoms with Gasteiger partial charge in [0.05, 0.1) is 0 Å². The second-order valence-corrected chi connectivity index (χ2v) is 14.0. The van der Waals surface area contributed by atoms with Gasteiger partial charge in [0, 0.05) is 58.8 Å². The van der Waals surface area contributed by atoms with Crippen LogP contribution in [0.2, 0.25) is 0 Å². The third kappa shape index (κ3) is 4.16. The molecular weight excluding hydrogens is 631 g/mol. The molecule has 0 amide bonds. The van der Waals surface area contributed by atoms with E-state index in [4.69, 9.17) is 8.83 Å². The average molecular weight is 658 g/mol. The number of fused-ring (bicyclic) bond motifs is 11. The van der Waals surface area contributed by atoms with Crippen molar-refractivity contribution in [3.63, 3.8) is 0 Å². The van der Waals surface area contributed by atoms with Crippen LogP contribution in [0.25, 0.3) is 85.9 Å². The van der Waals surface area contributed by atoms with Gasteiger partial charge in [0.15, 0.2) is 0 Å². The van der Waals surface area contributed by atoms with Crippen molar-refractivity contribution in [2.45, 2.75) is 0 Å². The smallest absolute Gasteiger partial charge is 0.135 e. The van der Waals surface area contributed by atoms with E-state index in [1.54, 1.807) is 0 Å². The first-order valence-corrected chi connectivity index (χ1v) is 17.6. The van der Waals surface area contributed by atoms with Gasteiger partial charge in [-0.15, -0.1) is 11.3 Å². The Kier molecular flexibility index (Phi) is 5.83. The van der Waals surface area contributed by atoms with Gasteiger partial charge in [0.1, 0.15) is 22.3 Å². The second kappa shape index (κ2) is 10.6. The fourth-order valence-corrected chi connectivity index (χ4v) is 8.81. The minimum absolute atomic E-state index is 0.880. The molecular formula is C46H27NO2S. The van der Waals surface area contributed by atoms with E-state index >= 15 is 0 Å². The van der Waals surface area contributed by atoms with Crippen LogP contribution in [0.5, 0.6) is 0 Å². The van der Waals surface area contributed by atoms with Crippen molar-refractivity contribution in [2.24, 2.45) is 0 Å². The number of rotatable bonds is 4. The molecule has 0 radical (unpaired) electrons. The van der Waals surface area contributed by atoms with Crippen LogP contribution in [0.1, 0.15) is 0 Å². The predicted octanol–water partition coefficient (Wildman–Crippen LogP) is 14.1. The minimum atomic E-state index is 0.880. The van der Waals surface area contributed by atoms with E-state index in [0.717, 1.165) is 60.9 Å². The van der Waals surface area contributed by atoms with E-state index < -0.39 is 0 Å². The normalized spacial score (nSPS) is 12.0. The Hall–Kier alpha value is -6.36. The molecule has 234 valence electrons. The molecule has 11 rings (SSSR count). The van der Waals surface area contributed by atoms with Crippen molar-refractivity contribution in [1.29, 1.82) is 0 Å². The maximum Gasteiger partial charge on any atom is 0.135 e. The number of para-hydroxylation sites is 2. The highest BCUT2D eigenvalue weighted by atomic mass is 32.1. The molecule has 0 atom stereocenters. The molecule has 0 saturated heterocycles. The second-order valence-electron chi connectivity index (χ2n) is 12.9. The van der Waals surface area contributed by atoms with Gasteiger partial charge in [-0.2, -0.15) is 0 Å². The molecule has 0 unspecified atom stereocenters. The van der Waals surface area contributed by atoms with Crippen molar-refractivity contribution >= 4 is 103 Å². The number of hydrogen-bond donors (Lipinski definition) is 0. The van der Waals surface area contributed by atoms with Crippen molar-refractivity contribution in [3.05, 3.63) is 164 Å².